The molecule has 1 aliphatic carbocycles. The maximum atomic E-state index is 10.8. The first-order chi connectivity index (χ1) is 14.9. The number of nitrogens with zero attached hydrogens (tertiary/aromatic N) is 3. The fourth-order valence-electron chi connectivity index (χ4n) is 4.63. The Morgan fingerprint density at radius 1 is 0.806 bits per heavy atom. The zero-order valence-electron chi connectivity index (χ0n) is 18.8. The van der Waals surface area contributed by atoms with Gasteiger partial charge in [0.1, 0.15) is 5.82 Å². The molecule has 1 aromatic heterocycles. The predicted molar refractivity (Wildman–Crippen MR) is 123 cm³/mol. The first-order valence-electron chi connectivity index (χ1n) is 11.1. The van der Waals surface area contributed by atoms with Crippen molar-refractivity contribution in [2.24, 2.45) is 5.92 Å². The van der Waals surface area contributed by atoms with Gasteiger partial charge in [0.25, 0.3) is 0 Å². The Kier molecular flexibility index (Phi) is 6.17. The van der Waals surface area contributed by atoms with E-state index in [9.17, 15) is 10.2 Å². The van der Waals surface area contributed by atoms with E-state index in [4.69, 9.17) is 15.0 Å². The molecule has 1 saturated carbocycles. The average molecular weight is 418 g/mol. The molecule has 31 heavy (non-hydrogen) atoms. The van der Waals surface area contributed by atoms with Crippen LogP contribution in [0.5, 0.6) is 0 Å². The average Bonchev–Trinajstić information content (AvgIpc) is 2.73. The summed E-state index contributed by atoms with van der Waals surface area (Å²) in [7, 11) is 0. The van der Waals surface area contributed by atoms with Gasteiger partial charge in [-0.15, -0.1) is 0 Å². The third kappa shape index (κ3) is 4.53. The smallest absolute Gasteiger partial charge is 0.163 e. The SMILES string of the molecule is Cc1ccc(-c2nc(-c3ccc(C)cc3C)nc(C3CCC(CO)CC3O)n2)c(C)c1. The van der Waals surface area contributed by atoms with Crippen LogP contribution in [0.2, 0.25) is 0 Å². The first-order valence-corrected chi connectivity index (χ1v) is 11.1. The second-order valence-corrected chi connectivity index (χ2v) is 9.01. The van der Waals surface area contributed by atoms with Crippen LogP contribution in [0.25, 0.3) is 22.8 Å². The van der Waals surface area contributed by atoms with Gasteiger partial charge in [-0.05, 0) is 64.0 Å². The highest BCUT2D eigenvalue weighted by atomic mass is 16.3. The summed E-state index contributed by atoms with van der Waals surface area (Å²) in [5.41, 5.74) is 6.60. The second kappa shape index (κ2) is 8.85. The van der Waals surface area contributed by atoms with Crippen molar-refractivity contribution < 1.29 is 10.2 Å². The van der Waals surface area contributed by atoms with Crippen molar-refractivity contribution >= 4 is 0 Å². The number of aromatic nitrogens is 3. The minimum Gasteiger partial charge on any atom is -0.396 e. The van der Waals surface area contributed by atoms with Crippen LogP contribution in [0.1, 0.15) is 53.3 Å². The lowest BCUT2D eigenvalue weighted by atomic mass is 9.79. The van der Waals surface area contributed by atoms with Gasteiger partial charge in [0.2, 0.25) is 0 Å². The van der Waals surface area contributed by atoms with Crippen LogP contribution < -0.4 is 0 Å². The lowest BCUT2D eigenvalue weighted by Crippen LogP contribution is -2.30. The normalized spacial score (nSPS) is 21.3. The van der Waals surface area contributed by atoms with Gasteiger partial charge in [-0.1, -0.05) is 47.5 Å². The van der Waals surface area contributed by atoms with E-state index in [0.29, 0.717) is 23.9 Å². The van der Waals surface area contributed by atoms with Gasteiger partial charge in [0.05, 0.1) is 6.10 Å². The molecule has 0 saturated heterocycles. The zero-order chi connectivity index (χ0) is 22.1. The summed E-state index contributed by atoms with van der Waals surface area (Å²) in [4.78, 5) is 14.6. The van der Waals surface area contributed by atoms with E-state index in [1.807, 2.05) is 0 Å². The molecule has 1 heterocycles. The Morgan fingerprint density at radius 2 is 1.35 bits per heavy atom. The number of aryl methyl sites for hydroxylation is 4. The van der Waals surface area contributed by atoms with Gasteiger partial charge in [0.15, 0.2) is 11.6 Å². The quantitative estimate of drug-likeness (QED) is 0.645. The van der Waals surface area contributed by atoms with Crippen LogP contribution in [0.3, 0.4) is 0 Å². The van der Waals surface area contributed by atoms with E-state index in [-0.39, 0.29) is 18.4 Å². The number of hydrogen-bond acceptors (Lipinski definition) is 5. The minimum absolute atomic E-state index is 0.114. The van der Waals surface area contributed by atoms with Crippen molar-refractivity contribution in [2.45, 2.75) is 59.0 Å². The highest BCUT2D eigenvalue weighted by molar-refractivity contribution is 5.66. The maximum absolute atomic E-state index is 10.8. The summed E-state index contributed by atoms with van der Waals surface area (Å²) in [6.07, 6.45) is 1.63. The highest BCUT2D eigenvalue weighted by Gasteiger charge is 2.32. The minimum atomic E-state index is -0.563. The molecular weight excluding hydrogens is 386 g/mol. The molecule has 3 unspecified atom stereocenters. The Labute approximate surface area is 184 Å². The molecule has 2 N–H and O–H groups in total. The number of aliphatic hydroxyl groups is 2. The van der Waals surface area contributed by atoms with Gasteiger partial charge >= 0.3 is 0 Å². The Bertz CT molecular complexity index is 1030. The molecule has 1 aliphatic rings. The third-order valence-electron chi connectivity index (χ3n) is 6.41. The van der Waals surface area contributed by atoms with E-state index in [1.54, 1.807) is 0 Å². The van der Waals surface area contributed by atoms with Crippen LogP contribution in [-0.4, -0.2) is 37.9 Å². The van der Waals surface area contributed by atoms with Crippen molar-refractivity contribution in [3.05, 3.63) is 64.5 Å². The van der Waals surface area contributed by atoms with Crippen LogP contribution >= 0.6 is 0 Å². The molecule has 4 rings (SSSR count). The predicted octanol–water partition coefficient (Wildman–Crippen LogP) is 4.68. The monoisotopic (exact) mass is 417 g/mol. The molecule has 1 fully saturated rings. The van der Waals surface area contributed by atoms with E-state index in [2.05, 4.69) is 64.1 Å². The fraction of sp³-hybridized carbons (Fsp3) is 0.423. The number of rotatable bonds is 4. The molecule has 3 aromatic rings. The third-order valence-corrected chi connectivity index (χ3v) is 6.41. The van der Waals surface area contributed by atoms with E-state index in [1.165, 1.54) is 11.1 Å². The molecular formula is C26H31N3O2. The van der Waals surface area contributed by atoms with E-state index < -0.39 is 6.10 Å². The van der Waals surface area contributed by atoms with Crippen LogP contribution in [0.15, 0.2) is 36.4 Å². The van der Waals surface area contributed by atoms with Crippen molar-refractivity contribution in [3.8, 4) is 22.8 Å². The maximum Gasteiger partial charge on any atom is 0.163 e. The fourth-order valence-corrected chi connectivity index (χ4v) is 4.63. The molecule has 0 bridgehead atoms. The Balaban J connectivity index is 1.84. The summed E-state index contributed by atoms with van der Waals surface area (Å²) in [6.45, 7) is 8.41. The van der Waals surface area contributed by atoms with Gasteiger partial charge in [-0.2, -0.15) is 0 Å². The van der Waals surface area contributed by atoms with Gasteiger partial charge < -0.3 is 10.2 Å². The van der Waals surface area contributed by atoms with Gasteiger partial charge in [-0.25, -0.2) is 15.0 Å². The zero-order valence-corrected chi connectivity index (χ0v) is 18.8. The summed E-state index contributed by atoms with van der Waals surface area (Å²) in [6, 6.07) is 12.5. The van der Waals surface area contributed by atoms with Crippen molar-refractivity contribution in [1.82, 2.24) is 15.0 Å². The van der Waals surface area contributed by atoms with Crippen LogP contribution in [0.4, 0.5) is 0 Å². The topological polar surface area (TPSA) is 79.1 Å². The van der Waals surface area contributed by atoms with Crippen LogP contribution in [0, 0.1) is 33.6 Å². The molecule has 2 aromatic carbocycles. The Morgan fingerprint density at radius 3 is 1.81 bits per heavy atom. The van der Waals surface area contributed by atoms with Crippen LogP contribution in [-0.2, 0) is 0 Å². The molecule has 5 heteroatoms. The van der Waals surface area contributed by atoms with Gasteiger partial charge in [0, 0.05) is 23.7 Å². The Hall–Kier alpha value is -2.63. The molecule has 0 spiro atoms. The summed E-state index contributed by atoms with van der Waals surface area (Å²) in [5.74, 6) is 1.93. The lowest BCUT2D eigenvalue weighted by molar-refractivity contribution is 0.0545. The molecule has 0 aliphatic heterocycles. The van der Waals surface area contributed by atoms with E-state index >= 15 is 0 Å². The molecule has 0 amide bonds. The van der Waals surface area contributed by atoms with E-state index in [0.717, 1.165) is 35.1 Å². The van der Waals surface area contributed by atoms with Crippen molar-refractivity contribution in [3.63, 3.8) is 0 Å². The highest BCUT2D eigenvalue weighted by Crippen LogP contribution is 2.36. The standard InChI is InChI=1S/C26H31N3O2/c1-15-5-8-20(17(3)11-15)24-27-25(21-9-6-16(2)12-18(21)4)29-26(28-24)22-10-7-19(14-30)13-23(22)31/h5-6,8-9,11-12,19,22-23,30-31H,7,10,13-14H2,1-4H3. The number of benzene rings is 2. The summed E-state index contributed by atoms with van der Waals surface area (Å²) in [5, 5.41) is 20.3. The van der Waals surface area contributed by atoms with Crippen molar-refractivity contribution in [2.75, 3.05) is 6.61 Å². The summed E-state index contributed by atoms with van der Waals surface area (Å²) < 4.78 is 0. The van der Waals surface area contributed by atoms with Crippen molar-refractivity contribution in [1.29, 1.82) is 0 Å². The lowest BCUT2D eigenvalue weighted by Gasteiger charge is -2.31. The molecule has 162 valence electrons. The largest absolute Gasteiger partial charge is 0.396 e. The summed E-state index contributed by atoms with van der Waals surface area (Å²) >= 11 is 0. The first kappa shape index (κ1) is 21.6. The molecule has 5 nitrogen and oxygen atoms in total. The molecule has 3 atom stereocenters. The van der Waals surface area contributed by atoms with Gasteiger partial charge in [-0.3, -0.25) is 0 Å². The number of hydrogen-bond donors (Lipinski definition) is 2. The molecule has 0 radical (unpaired) electrons. The second-order valence-electron chi connectivity index (χ2n) is 9.01. The number of aliphatic hydroxyl groups excluding tert-OH is 2.